The van der Waals surface area contributed by atoms with Crippen molar-refractivity contribution in [3.8, 4) is 0 Å². The maximum atomic E-state index is 5.79. The highest BCUT2D eigenvalue weighted by Crippen LogP contribution is 2.27. The minimum Gasteiger partial charge on any atom is -0.389 e. The fraction of sp³-hybridized carbons (Fsp3) is 0.417. The molecule has 1 aromatic rings. The first-order valence-corrected chi connectivity index (χ1v) is 7.96. The van der Waals surface area contributed by atoms with Gasteiger partial charge in [-0.05, 0) is 30.4 Å². The molecule has 0 atom stereocenters. The number of rotatable bonds is 2. The average molecular weight is 331 g/mol. The monoisotopic (exact) mass is 330 g/mol. The van der Waals surface area contributed by atoms with E-state index in [1.54, 1.807) is 0 Å². The molecule has 0 aromatic heterocycles. The minimum atomic E-state index is 0.476. The van der Waals surface area contributed by atoms with Crippen molar-refractivity contribution < 1.29 is 0 Å². The largest absolute Gasteiger partial charge is 0.389 e. The van der Waals surface area contributed by atoms with Crippen LogP contribution in [0.4, 0.5) is 5.69 Å². The van der Waals surface area contributed by atoms with Crippen LogP contribution in [-0.2, 0) is 0 Å². The third kappa shape index (κ3) is 3.36. The van der Waals surface area contributed by atoms with E-state index in [-0.39, 0.29) is 0 Å². The van der Waals surface area contributed by atoms with Gasteiger partial charge in [-0.15, -0.1) is 0 Å². The molecule has 0 unspecified atom stereocenters. The second-order valence-electron chi connectivity index (χ2n) is 3.98. The van der Waals surface area contributed by atoms with Crippen molar-refractivity contribution in [2.45, 2.75) is 6.42 Å². The van der Waals surface area contributed by atoms with E-state index in [1.807, 2.05) is 23.9 Å². The van der Waals surface area contributed by atoms with E-state index in [9.17, 15) is 0 Å². The van der Waals surface area contributed by atoms with Gasteiger partial charge in [0.1, 0.15) is 4.99 Å². The van der Waals surface area contributed by atoms with Gasteiger partial charge >= 0.3 is 0 Å². The molecule has 1 aliphatic heterocycles. The van der Waals surface area contributed by atoms with Gasteiger partial charge < -0.3 is 10.6 Å². The number of nitrogens with zero attached hydrogens (tertiary/aromatic N) is 1. The van der Waals surface area contributed by atoms with E-state index in [1.165, 1.54) is 17.9 Å². The van der Waals surface area contributed by atoms with Gasteiger partial charge in [-0.25, -0.2) is 0 Å². The SMILES string of the molecule is NC(=S)c1ccc(Br)cc1N1CCCSCC1. The van der Waals surface area contributed by atoms with Crippen LogP contribution < -0.4 is 10.6 Å². The van der Waals surface area contributed by atoms with Crippen LogP contribution in [0.1, 0.15) is 12.0 Å². The molecule has 1 aliphatic rings. The molecule has 92 valence electrons. The molecule has 1 saturated heterocycles. The normalized spacial score (nSPS) is 16.6. The van der Waals surface area contributed by atoms with Crippen molar-refractivity contribution in [1.82, 2.24) is 0 Å². The number of nitrogens with two attached hydrogens (primary N) is 1. The highest BCUT2D eigenvalue weighted by Gasteiger charge is 2.15. The Labute approximate surface area is 120 Å². The van der Waals surface area contributed by atoms with Crippen LogP contribution in [0.2, 0.25) is 0 Å². The van der Waals surface area contributed by atoms with E-state index < -0.39 is 0 Å². The first-order valence-electron chi connectivity index (χ1n) is 5.60. The topological polar surface area (TPSA) is 29.3 Å². The third-order valence-electron chi connectivity index (χ3n) is 2.79. The zero-order valence-electron chi connectivity index (χ0n) is 9.49. The van der Waals surface area contributed by atoms with Crippen LogP contribution in [0.15, 0.2) is 22.7 Å². The second kappa shape index (κ2) is 6.07. The molecule has 2 nitrogen and oxygen atoms in total. The van der Waals surface area contributed by atoms with Crippen molar-refractivity contribution in [1.29, 1.82) is 0 Å². The highest BCUT2D eigenvalue weighted by molar-refractivity contribution is 9.10. The molecule has 2 rings (SSSR count). The smallest absolute Gasteiger partial charge is 0.106 e. The molecule has 1 fully saturated rings. The van der Waals surface area contributed by atoms with E-state index in [4.69, 9.17) is 18.0 Å². The van der Waals surface area contributed by atoms with Gasteiger partial charge in [-0.3, -0.25) is 0 Å². The zero-order valence-corrected chi connectivity index (χ0v) is 12.7. The lowest BCUT2D eigenvalue weighted by Gasteiger charge is -2.25. The first-order chi connectivity index (χ1) is 8.18. The Morgan fingerprint density at radius 3 is 2.94 bits per heavy atom. The fourth-order valence-electron chi connectivity index (χ4n) is 1.96. The number of thioether (sulfide) groups is 1. The van der Waals surface area contributed by atoms with Crippen LogP contribution in [0.25, 0.3) is 0 Å². The summed E-state index contributed by atoms with van der Waals surface area (Å²) < 4.78 is 1.07. The van der Waals surface area contributed by atoms with E-state index in [0.717, 1.165) is 28.8 Å². The lowest BCUT2D eigenvalue weighted by atomic mass is 10.1. The summed E-state index contributed by atoms with van der Waals surface area (Å²) in [6, 6.07) is 6.11. The molecule has 17 heavy (non-hydrogen) atoms. The van der Waals surface area contributed by atoms with Gasteiger partial charge in [0.25, 0.3) is 0 Å². The lowest BCUT2D eigenvalue weighted by Crippen LogP contribution is -2.28. The molecule has 0 bridgehead atoms. The summed E-state index contributed by atoms with van der Waals surface area (Å²) >= 11 is 10.7. The highest BCUT2D eigenvalue weighted by atomic mass is 79.9. The first kappa shape index (κ1) is 13.2. The van der Waals surface area contributed by atoms with E-state index in [2.05, 4.69) is 26.9 Å². The molecule has 2 N–H and O–H groups in total. The molecule has 0 saturated carbocycles. The van der Waals surface area contributed by atoms with Gasteiger partial charge in [0.15, 0.2) is 0 Å². The number of benzene rings is 1. The Bertz CT molecular complexity index is 415. The van der Waals surface area contributed by atoms with Crippen molar-refractivity contribution in [2.24, 2.45) is 5.73 Å². The molecule has 5 heteroatoms. The Morgan fingerprint density at radius 2 is 2.18 bits per heavy atom. The maximum Gasteiger partial charge on any atom is 0.106 e. The van der Waals surface area contributed by atoms with Crippen LogP contribution in [0.5, 0.6) is 0 Å². The average Bonchev–Trinajstić information content (AvgIpc) is 2.56. The third-order valence-corrected chi connectivity index (χ3v) is 4.55. The number of hydrogen-bond donors (Lipinski definition) is 1. The molecular formula is C12H15BrN2S2. The van der Waals surface area contributed by atoms with Crippen LogP contribution >= 0.6 is 39.9 Å². The molecular weight excluding hydrogens is 316 g/mol. The Morgan fingerprint density at radius 1 is 1.35 bits per heavy atom. The molecule has 1 heterocycles. The fourth-order valence-corrected chi connectivity index (χ4v) is 3.37. The van der Waals surface area contributed by atoms with E-state index in [0.29, 0.717) is 4.99 Å². The quantitative estimate of drug-likeness (QED) is 0.844. The maximum absolute atomic E-state index is 5.79. The van der Waals surface area contributed by atoms with Crippen molar-refractivity contribution in [2.75, 3.05) is 29.5 Å². The summed E-state index contributed by atoms with van der Waals surface area (Å²) in [5, 5.41) is 0. The van der Waals surface area contributed by atoms with Crippen LogP contribution in [-0.4, -0.2) is 29.6 Å². The van der Waals surface area contributed by atoms with Crippen molar-refractivity contribution in [3.63, 3.8) is 0 Å². The predicted molar refractivity (Wildman–Crippen MR) is 84.2 cm³/mol. The van der Waals surface area contributed by atoms with Gasteiger partial charge in [-0.1, -0.05) is 28.1 Å². The van der Waals surface area contributed by atoms with Crippen LogP contribution in [0, 0.1) is 0 Å². The van der Waals surface area contributed by atoms with E-state index >= 15 is 0 Å². The zero-order chi connectivity index (χ0) is 12.3. The summed E-state index contributed by atoms with van der Waals surface area (Å²) in [6.45, 7) is 2.15. The summed E-state index contributed by atoms with van der Waals surface area (Å²) in [4.78, 5) is 2.86. The molecule has 0 spiro atoms. The van der Waals surface area contributed by atoms with Gasteiger partial charge in [0.05, 0.1) is 0 Å². The molecule has 0 amide bonds. The number of anilines is 1. The molecule has 0 aliphatic carbocycles. The van der Waals surface area contributed by atoms with Gasteiger partial charge in [0.2, 0.25) is 0 Å². The summed E-state index contributed by atoms with van der Waals surface area (Å²) in [6.07, 6.45) is 1.22. The van der Waals surface area contributed by atoms with Gasteiger partial charge in [-0.2, -0.15) is 11.8 Å². The summed E-state index contributed by atoms with van der Waals surface area (Å²) in [5.41, 5.74) is 7.94. The summed E-state index contributed by atoms with van der Waals surface area (Å²) in [7, 11) is 0. The lowest BCUT2D eigenvalue weighted by molar-refractivity contribution is 0.815. The number of thiocarbonyl (C=S) groups is 1. The number of halogens is 1. The Kier molecular flexibility index (Phi) is 4.70. The Balaban J connectivity index is 2.34. The molecule has 1 aromatic carbocycles. The minimum absolute atomic E-state index is 0.476. The second-order valence-corrected chi connectivity index (χ2v) is 6.56. The van der Waals surface area contributed by atoms with Crippen molar-refractivity contribution in [3.05, 3.63) is 28.2 Å². The number of hydrogen-bond acceptors (Lipinski definition) is 3. The molecule has 0 radical (unpaired) electrons. The standard InChI is InChI=1S/C12H15BrN2S2/c13-9-2-3-10(12(14)16)11(8-9)15-4-1-6-17-7-5-15/h2-3,8H,1,4-7H2,(H2,14,16). The summed E-state index contributed by atoms with van der Waals surface area (Å²) in [5.74, 6) is 2.41. The Hall–Kier alpha value is -0.260. The van der Waals surface area contributed by atoms with Crippen LogP contribution in [0.3, 0.4) is 0 Å². The van der Waals surface area contributed by atoms with Crippen molar-refractivity contribution >= 4 is 50.6 Å². The van der Waals surface area contributed by atoms with Gasteiger partial charge in [0, 0.05) is 34.6 Å². The predicted octanol–water partition coefficient (Wildman–Crippen LogP) is 3.03.